The van der Waals surface area contributed by atoms with Gasteiger partial charge in [-0.1, -0.05) is 24.3 Å². The van der Waals surface area contributed by atoms with E-state index in [1.54, 1.807) is 6.07 Å². The van der Waals surface area contributed by atoms with E-state index in [9.17, 15) is 35.5 Å². The number of carbonyl (C=O) groups is 1. The summed E-state index contributed by atoms with van der Waals surface area (Å²) in [7, 11) is 0. The van der Waals surface area contributed by atoms with Crippen LogP contribution in [0, 0.1) is 11.6 Å². The summed E-state index contributed by atoms with van der Waals surface area (Å²) >= 11 is 0. The second-order valence-electron chi connectivity index (χ2n) is 10.1. The molecule has 7 nitrogen and oxygen atoms in total. The van der Waals surface area contributed by atoms with Crippen molar-refractivity contribution in [1.82, 2.24) is 19.7 Å². The smallest absolute Gasteiger partial charge is 0.449 e. The van der Waals surface area contributed by atoms with E-state index in [1.807, 2.05) is 0 Å². The number of hydrogen-bond donors (Lipinski definition) is 1. The number of pyridine rings is 1. The minimum Gasteiger partial charge on any atom is -0.449 e. The Bertz CT molecular complexity index is 1680. The molecule has 2 aromatic carbocycles. The monoisotopic (exact) mass is 626 g/mol. The van der Waals surface area contributed by atoms with Gasteiger partial charge in [0.25, 0.3) is 0 Å². The van der Waals surface area contributed by atoms with Gasteiger partial charge in [-0.25, -0.2) is 23.2 Å². The number of alkyl halides is 6. The molecular formula is C29H22F8N4O3. The Kier molecular flexibility index (Phi) is 8.34. The average molecular weight is 627 g/mol. The van der Waals surface area contributed by atoms with Crippen LogP contribution in [0.5, 0.6) is 5.75 Å². The van der Waals surface area contributed by atoms with Crippen molar-refractivity contribution in [2.75, 3.05) is 19.6 Å². The van der Waals surface area contributed by atoms with Crippen molar-refractivity contribution in [3.8, 4) is 34.0 Å². The maximum atomic E-state index is 15.4. The van der Waals surface area contributed by atoms with Crippen LogP contribution in [-0.4, -0.2) is 56.7 Å². The first-order chi connectivity index (χ1) is 20.7. The highest BCUT2D eigenvalue weighted by molar-refractivity contribution is 5.82. The number of carboxylic acid groups (broad SMARTS) is 1. The predicted octanol–water partition coefficient (Wildman–Crippen LogP) is 7.70. The molecule has 0 radical (unpaired) electrons. The van der Waals surface area contributed by atoms with Crippen molar-refractivity contribution < 1.29 is 49.8 Å². The Morgan fingerprint density at radius 2 is 1.68 bits per heavy atom. The van der Waals surface area contributed by atoms with Gasteiger partial charge in [-0.05, 0) is 78.9 Å². The van der Waals surface area contributed by atoms with Crippen LogP contribution in [0.2, 0.25) is 0 Å². The number of piperidine rings is 1. The van der Waals surface area contributed by atoms with Crippen LogP contribution in [0.1, 0.15) is 30.0 Å². The lowest BCUT2D eigenvalue weighted by molar-refractivity contribution is -0.148. The third-order valence-corrected chi connectivity index (χ3v) is 7.15. The Balaban J connectivity index is 1.47. The molecule has 0 atom stereocenters. The molecule has 0 saturated carbocycles. The van der Waals surface area contributed by atoms with Crippen LogP contribution in [0.25, 0.3) is 28.2 Å². The zero-order chi connectivity index (χ0) is 31.8. The summed E-state index contributed by atoms with van der Waals surface area (Å²) in [5.41, 5.74) is -0.485. The molecule has 1 N–H and O–H groups in total. The predicted molar refractivity (Wildman–Crippen MR) is 140 cm³/mol. The summed E-state index contributed by atoms with van der Waals surface area (Å²) in [6.45, 7) is -0.712. The first kappa shape index (κ1) is 30.9. The second-order valence-corrected chi connectivity index (χ2v) is 10.1. The third-order valence-electron chi connectivity index (χ3n) is 7.15. The zero-order valence-corrected chi connectivity index (χ0v) is 22.5. The van der Waals surface area contributed by atoms with E-state index < -0.39 is 48.1 Å². The molecule has 1 aliphatic rings. The molecule has 0 aliphatic carbocycles. The summed E-state index contributed by atoms with van der Waals surface area (Å²) < 4.78 is 114. The molecule has 4 aromatic rings. The van der Waals surface area contributed by atoms with E-state index >= 15 is 4.39 Å². The van der Waals surface area contributed by atoms with Gasteiger partial charge in [0.15, 0.2) is 17.3 Å². The minimum atomic E-state index is -5.09. The quantitative estimate of drug-likeness (QED) is 0.175. The van der Waals surface area contributed by atoms with Crippen LogP contribution < -0.4 is 4.74 Å². The van der Waals surface area contributed by atoms with Crippen LogP contribution in [0.3, 0.4) is 0 Å². The van der Waals surface area contributed by atoms with Gasteiger partial charge in [0.1, 0.15) is 11.6 Å². The van der Waals surface area contributed by atoms with E-state index in [2.05, 4.69) is 14.8 Å². The molecular weight excluding hydrogens is 604 g/mol. The molecule has 0 bridgehead atoms. The van der Waals surface area contributed by atoms with Gasteiger partial charge in [-0.3, -0.25) is 4.90 Å². The van der Waals surface area contributed by atoms with E-state index in [0.29, 0.717) is 40.4 Å². The molecule has 232 valence electrons. The van der Waals surface area contributed by atoms with E-state index in [-0.39, 0.29) is 36.1 Å². The number of aromatic nitrogens is 3. The fourth-order valence-corrected chi connectivity index (χ4v) is 5.29. The Morgan fingerprint density at radius 1 is 0.955 bits per heavy atom. The molecule has 5 rings (SSSR count). The van der Waals surface area contributed by atoms with Gasteiger partial charge in [0.2, 0.25) is 0 Å². The fourth-order valence-electron chi connectivity index (χ4n) is 5.29. The summed E-state index contributed by atoms with van der Waals surface area (Å²) in [5, 5.41) is 12.4. The molecule has 1 fully saturated rings. The first-order valence-corrected chi connectivity index (χ1v) is 13.1. The maximum Gasteiger partial charge on any atom is 0.511 e. The summed E-state index contributed by atoms with van der Waals surface area (Å²) in [6, 6.07) is 11.8. The fraction of sp³-hybridized carbons (Fsp3) is 0.276. The molecule has 3 heterocycles. The summed E-state index contributed by atoms with van der Waals surface area (Å²) in [5.74, 6) is -3.06. The Morgan fingerprint density at radius 3 is 2.32 bits per heavy atom. The molecule has 2 aromatic heterocycles. The molecule has 1 saturated heterocycles. The largest absolute Gasteiger partial charge is 0.511 e. The topological polar surface area (TPSA) is 80.5 Å². The van der Waals surface area contributed by atoms with Crippen LogP contribution in [-0.2, 0) is 6.18 Å². The highest BCUT2D eigenvalue weighted by atomic mass is 19.4. The highest BCUT2D eigenvalue weighted by Gasteiger charge is 2.41. The second kappa shape index (κ2) is 11.9. The van der Waals surface area contributed by atoms with E-state index in [1.165, 1.54) is 41.3 Å². The van der Waals surface area contributed by atoms with Crippen molar-refractivity contribution in [3.63, 3.8) is 0 Å². The average Bonchev–Trinajstić information content (AvgIpc) is 3.36. The minimum absolute atomic E-state index is 0.00264. The molecule has 1 aliphatic heterocycles. The van der Waals surface area contributed by atoms with Gasteiger partial charge >= 0.3 is 18.5 Å². The lowest BCUT2D eigenvalue weighted by Crippen LogP contribution is -2.39. The van der Waals surface area contributed by atoms with Crippen LogP contribution in [0.15, 0.2) is 60.8 Å². The summed E-state index contributed by atoms with van der Waals surface area (Å²) in [4.78, 5) is 16.4. The SMILES string of the molecule is O=C(O)Oc1cnn(-c2cccc(-c3cc(F)ccc3-c3ccc(C4CCN(CC(F)(F)F)CC4)c(F)c3)n2)c1C(F)(F)F. The normalized spacial score (nSPS) is 15.0. The number of nitrogens with zero attached hydrogens (tertiary/aromatic N) is 4. The number of rotatable bonds is 6. The van der Waals surface area contributed by atoms with Crippen molar-refractivity contribution >= 4 is 6.16 Å². The molecule has 44 heavy (non-hydrogen) atoms. The lowest BCUT2D eigenvalue weighted by atomic mass is 9.87. The number of ether oxygens (including phenoxy) is 1. The van der Waals surface area contributed by atoms with Crippen molar-refractivity contribution in [2.45, 2.75) is 31.1 Å². The third kappa shape index (κ3) is 6.82. The van der Waals surface area contributed by atoms with Crippen LogP contribution >= 0.6 is 0 Å². The number of halogens is 8. The lowest BCUT2D eigenvalue weighted by Gasteiger charge is -2.32. The highest BCUT2D eigenvalue weighted by Crippen LogP contribution is 2.39. The van der Waals surface area contributed by atoms with Gasteiger partial charge in [0.05, 0.1) is 18.4 Å². The van der Waals surface area contributed by atoms with Crippen LogP contribution in [0.4, 0.5) is 39.9 Å². The van der Waals surface area contributed by atoms with Gasteiger partial charge in [0, 0.05) is 5.56 Å². The van der Waals surface area contributed by atoms with E-state index in [0.717, 1.165) is 12.1 Å². The Hall–Kier alpha value is -4.53. The number of benzene rings is 2. The van der Waals surface area contributed by atoms with E-state index in [4.69, 9.17) is 5.11 Å². The van der Waals surface area contributed by atoms with Gasteiger partial charge < -0.3 is 9.84 Å². The van der Waals surface area contributed by atoms with Gasteiger partial charge in [-0.2, -0.15) is 31.4 Å². The summed E-state index contributed by atoms with van der Waals surface area (Å²) in [6.07, 6.45) is -10.2. The number of hydrogen-bond acceptors (Lipinski definition) is 5. The Labute approximate surface area is 244 Å². The van der Waals surface area contributed by atoms with Crippen molar-refractivity contribution in [2.24, 2.45) is 0 Å². The number of likely N-dealkylation sites (tertiary alicyclic amines) is 1. The molecule has 15 heteroatoms. The maximum absolute atomic E-state index is 15.4. The van der Waals surface area contributed by atoms with Crippen molar-refractivity contribution in [3.05, 3.63) is 83.7 Å². The zero-order valence-electron chi connectivity index (χ0n) is 22.5. The van der Waals surface area contributed by atoms with Crippen molar-refractivity contribution in [1.29, 1.82) is 0 Å². The standard InChI is InChI=1S/C29H22F8N4O3/c30-18-5-7-19(17-4-6-20(22(31)12-17)16-8-10-40(11-9-16)15-28(32,33)34)21(13-18)23-2-1-3-25(39-23)41-26(29(35,36)37)24(14-38-41)44-27(42)43/h1-7,12-14,16H,8-11,15H2,(H,42,43). The first-order valence-electron chi connectivity index (χ1n) is 13.1. The van der Waals surface area contributed by atoms with Gasteiger partial charge in [-0.15, -0.1) is 0 Å². The molecule has 0 spiro atoms. The molecule has 0 amide bonds. The molecule has 0 unspecified atom stereocenters.